The fraction of sp³-hybridized carbons (Fsp3) is 0.476. The van der Waals surface area contributed by atoms with Gasteiger partial charge in [0.2, 0.25) is 5.91 Å². The van der Waals surface area contributed by atoms with Gasteiger partial charge in [0.1, 0.15) is 0 Å². The predicted octanol–water partition coefficient (Wildman–Crippen LogP) is 4.61. The number of thiophene rings is 1. The summed E-state index contributed by atoms with van der Waals surface area (Å²) in [6, 6.07) is 8.05. The van der Waals surface area contributed by atoms with Crippen LogP contribution in [0.3, 0.4) is 0 Å². The van der Waals surface area contributed by atoms with E-state index < -0.39 is 16.2 Å². The van der Waals surface area contributed by atoms with E-state index in [1.165, 1.54) is 0 Å². The normalized spacial score (nSPS) is 18.1. The number of fused-ring (bicyclic) bond motifs is 1. The van der Waals surface area contributed by atoms with E-state index in [0.29, 0.717) is 38.0 Å². The molecule has 170 valence electrons. The maximum Gasteiger partial charge on any atom is 0.264 e. The molecule has 2 N–H and O–H groups in total. The van der Waals surface area contributed by atoms with E-state index in [2.05, 4.69) is 6.07 Å². The second-order valence-corrected chi connectivity index (χ2v) is 11.9. The highest BCUT2D eigenvalue weighted by molar-refractivity contribution is 8.01. The molecule has 1 aromatic heterocycles. The van der Waals surface area contributed by atoms with Crippen LogP contribution in [0.4, 0.5) is 0 Å². The van der Waals surface area contributed by atoms with E-state index in [4.69, 9.17) is 16.2 Å². The van der Waals surface area contributed by atoms with Crippen LogP contribution in [-0.4, -0.2) is 59.1 Å². The van der Waals surface area contributed by atoms with Gasteiger partial charge in [0.15, 0.2) is 0 Å². The Labute approximate surface area is 196 Å². The Morgan fingerprint density at radius 3 is 2.87 bits per heavy atom. The molecule has 1 aliphatic heterocycles. The Hall–Kier alpha value is -1.10. The molecule has 0 aliphatic carbocycles. The Kier molecular flexibility index (Phi) is 8.83. The molecule has 2 aromatic rings. The zero-order chi connectivity index (χ0) is 22.4. The second-order valence-electron chi connectivity index (χ2n) is 7.56. The summed E-state index contributed by atoms with van der Waals surface area (Å²) in [5.41, 5.74) is 0. The number of aliphatic hydroxyl groups excluding tert-OH is 1. The molecule has 6 nitrogen and oxygen atoms in total. The second kappa shape index (κ2) is 11.2. The number of likely N-dealkylation sites (tertiary alicyclic amines) is 1. The molecule has 0 spiro atoms. The van der Waals surface area contributed by atoms with Crippen molar-refractivity contribution in [3.8, 4) is 0 Å². The summed E-state index contributed by atoms with van der Waals surface area (Å²) >= 11 is 9.51. The minimum atomic E-state index is -3.91. The number of halogens is 1. The third-order valence-electron chi connectivity index (χ3n) is 5.15. The van der Waals surface area contributed by atoms with Crippen LogP contribution in [-0.2, 0) is 14.9 Å². The first-order chi connectivity index (χ1) is 14.7. The summed E-state index contributed by atoms with van der Waals surface area (Å²) in [5.74, 6) is 0.435. The quantitative estimate of drug-likeness (QED) is 0.144. The number of allylic oxidation sites excluding steroid dienone is 1. The number of unbranched alkanes of at least 4 members (excludes halogenated alkanes) is 1. The van der Waals surface area contributed by atoms with Crippen LogP contribution in [0.1, 0.15) is 32.1 Å². The summed E-state index contributed by atoms with van der Waals surface area (Å²) in [7, 11) is -3.91. The highest BCUT2D eigenvalue weighted by Crippen LogP contribution is 2.36. The lowest BCUT2D eigenvalue weighted by Crippen LogP contribution is -2.52. The number of amides is 1. The molecule has 1 amide bonds. The van der Waals surface area contributed by atoms with Crippen molar-refractivity contribution in [3.63, 3.8) is 0 Å². The highest BCUT2D eigenvalue weighted by Gasteiger charge is 2.34. The van der Waals surface area contributed by atoms with E-state index in [9.17, 15) is 18.3 Å². The maximum absolute atomic E-state index is 11.9. The average molecular weight is 504 g/mol. The molecule has 3 rings (SSSR count). The molecular weight excluding hydrogens is 478 g/mol. The third-order valence-corrected chi connectivity index (χ3v) is 8.74. The monoisotopic (exact) mass is 503 g/mol. The van der Waals surface area contributed by atoms with E-state index in [1.54, 1.807) is 28.0 Å². The summed E-state index contributed by atoms with van der Waals surface area (Å²) in [6.07, 6.45) is 6.01. The van der Waals surface area contributed by atoms with Gasteiger partial charge < -0.3 is 10.0 Å². The molecule has 1 saturated heterocycles. The zero-order valence-electron chi connectivity index (χ0n) is 16.9. The lowest BCUT2D eigenvalue weighted by Gasteiger charge is -2.40. The molecule has 1 aromatic carbocycles. The highest BCUT2D eigenvalue weighted by atomic mass is 35.5. The SMILES string of the molecule is O=C1C[C@H](CCC(O)CSc2cc3c(Cl)cccc3s2)N1C/C=C\CCCS(=O)(=O)O. The lowest BCUT2D eigenvalue weighted by molar-refractivity contribution is -0.145. The van der Waals surface area contributed by atoms with Gasteiger partial charge in [-0.25, -0.2) is 0 Å². The maximum atomic E-state index is 11.9. The number of thioether (sulfide) groups is 1. The van der Waals surface area contributed by atoms with Crippen LogP contribution >= 0.6 is 34.7 Å². The number of β-lactam (4-membered cyclic amide) rings is 1. The van der Waals surface area contributed by atoms with Crippen LogP contribution in [0.15, 0.2) is 40.6 Å². The smallest absolute Gasteiger partial charge is 0.264 e. The van der Waals surface area contributed by atoms with Gasteiger partial charge in [0.25, 0.3) is 10.1 Å². The van der Waals surface area contributed by atoms with Gasteiger partial charge in [-0.2, -0.15) is 8.42 Å². The van der Waals surface area contributed by atoms with Gasteiger partial charge in [-0.1, -0.05) is 29.8 Å². The molecule has 1 fully saturated rings. The van der Waals surface area contributed by atoms with Gasteiger partial charge in [0.05, 0.1) is 16.1 Å². The zero-order valence-corrected chi connectivity index (χ0v) is 20.2. The number of benzene rings is 1. The summed E-state index contributed by atoms with van der Waals surface area (Å²) in [5, 5.41) is 12.2. The molecule has 0 radical (unpaired) electrons. The largest absolute Gasteiger partial charge is 0.392 e. The first-order valence-corrected chi connectivity index (χ1v) is 13.9. The molecule has 1 unspecified atom stereocenters. The van der Waals surface area contributed by atoms with Crippen molar-refractivity contribution >= 4 is 60.8 Å². The molecule has 1 aliphatic rings. The minimum absolute atomic E-state index is 0.0959. The fourth-order valence-electron chi connectivity index (χ4n) is 3.44. The van der Waals surface area contributed by atoms with Crippen molar-refractivity contribution in [1.29, 1.82) is 0 Å². The summed E-state index contributed by atoms with van der Waals surface area (Å²) < 4.78 is 32.3. The topological polar surface area (TPSA) is 94.9 Å². The first-order valence-electron chi connectivity index (χ1n) is 10.1. The third kappa shape index (κ3) is 7.47. The van der Waals surface area contributed by atoms with E-state index >= 15 is 0 Å². The molecule has 31 heavy (non-hydrogen) atoms. The van der Waals surface area contributed by atoms with E-state index in [0.717, 1.165) is 25.7 Å². The van der Waals surface area contributed by atoms with Gasteiger partial charge in [0, 0.05) is 39.9 Å². The predicted molar refractivity (Wildman–Crippen MR) is 128 cm³/mol. The molecule has 0 bridgehead atoms. The van der Waals surface area contributed by atoms with Crippen LogP contribution < -0.4 is 0 Å². The van der Waals surface area contributed by atoms with Crippen LogP contribution in [0.5, 0.6) is 0 Å². The van der Waals surface area contributed by atoms with Crippen LogP contribution in [0, 0.1) is 0 Å². The van der Waals surface area contributed by atoms with Gasteiger partial charge in [-0.15, -0.1) is 23.1 Å². The number of carbonyl (C=O) groups is 1. The molecule has 2 heterocycles. The number of rotatable bonds is 12. The summed E-state index contributed by atoms with van der Waals surface area (Å²) in [4.78, 5) is 13.6. The number of hydrogen-bond acceptors (Lipinski definition) is 6. The van der Waals surface area contributed by atoms with Crippen molar-refractivity contribution in [1.82, 2.24) is 4.90 Å². The van der Waals surface area contributed by atoms with Crippen LogP contribution in [0.25, 0.3) is 10.1 Å². The van der Waals surface area contributed by atoms with Gasteiger partial charge in [-0.05, 0) is 43.9 Å². The Morgan fingerprint density at radius 2 is 2.16 bits per heavy atom. The van der Waals surface area contributed by atoms with Crippen molar-refractivity contribution < 1.29 is 22.9 Å². The Bertz CT molecular complexity index is 1040. The summed E-state index contributed by atoms with van der Waals surface area (Å²) in [6.45, 7) is 0.489. The Balaban J connectivity index is 1.36. The molecular formula is C21H26ClNO5S3. The minimum Gasteiger partial charge on any atom is -0.392 e. The number of hydrogen-bond donors (Lipinski definition) is 2. The van der Waals surface area contributed by atoms with Gasteiger partial charge >= 0.3 is 0 Å². The van der Waals surface area contributed by atoms with Crippen molar-refractivity contribution in [3.05, 3.63) is 41.4 Å². The van der Waals surface area contributed by atoms with Crippen molar-refractivity contribution in [2.45, 2.75) is 48.5 Å². The van der Waals surface area contributed by atoms with E-state index in [-0.39, 0.29) is 17.7 Å². The lowest BCUT2D eigenvalue weighted by atomic mass is 9.95. The molecule has 10 heteroatoms. The standard InChI is InChI=1S/C21H26ClNO5S3/c22-18-6-5-7-19-17(18)13-21(30-19)29-14-16(24)9-8-15-12-20(25)23(15)10-3-1-2-4-11-31(26,27)28/h1,3,5-7,13,15-16,24H,2,4,8-12,14H2,(H,26,27,28)/b3-1-/t15-,16?/m0/s1. The van der Waals surface area contributed by atoms with Crippen molar-refractivity contribution in [2.24, 2.45) is 0 Å². The van der Waals surface area contributed by atoms with Crippen LogP contribution in [0.2, 0.25) is 5.02 Å². The molecule has 0 saturated carbocycles. The first kappa shape index (κ1) is 24.5. The van der Waals surface area contributed by atoms with Crippen molar-refractivity contribution in [2.75, 3.05) is 18.1 Å². The molecule has 2 atom stereocenters. The van der Waals surface area contributed by atoms with E-state index in [1.807, 2.05) is 30.4 Å². The van der Waals surface area contributed by atoms with Gasteiger partial charge in [-0.3, -0.25) is 9.35 Å². The number of carbonyl (C=O) groups excluding carboxylic acids is 1. The number of nitrogens with zero attached hydrogens (tertiary/aromatic N) is 1. The number of aliphatic hydroxyl groups is 1. The Morgan fingerprint density at radius 1 is 1.35 bits per heavy atom. The fourth-order valence-corrected chi connectivity index (χ4v) is 6.51. The average Bonchev–Trinajstić information content (AvgIpc) is 3.12.